The number of thiol groups is 4. The molecule has 0 heterocycles. The average Bonchev–Trinajstić information content (AvgIpc) is 2.32. The highest BCUT2D eigenvalue weighted by atomic mass is 33.9. The van der Waals surface area contributed by atoms with E-state index in [1.807, 2.05) is 10.8 Å². The van der Waals surface area contributed by atoms with Gasteiger partial charge in [-0.25, -0.2) is 0 Å². The Bertz CT molecular complexity index is 174. The van der Waals surface area contributed by atoms with Crippen LogP contribution in [-0.4, -0.2) is 16.1 Å². The van der Waals surface area contributed by atoms with Crippen LogP contribution in [0, 0.1) is 0 Å². The van der Waals surface area contributed by atoms with E-state index >= 15 is 0 Å². The normalized spacial score (nSPS) is 14.9. The molecule has 0 aromatic rings. The number of hydrogen-bond acceptors (Lipinski definition) is 6. The summed E-state index contributed by atoms with van der Waals surface area (Å²) >= 11 is 17.7. The van der Waals surface area contributed by atoms with Crippen molar-refractivity contribution in [2.75, 3.05) is 10.8 Å². The molecule has 0 nitrogen and oxygen atoms in total. The van der Waals surface area contributed by atoms with Crippen molar-refractivity contribution >= 4 is 76.3 Å². The van der Waals surface area contributed by atoms with Gasteiger partial charge in [-0.1, -0.05) is 56.9 Å². The first kappa shape index (κ1) is 19.4. The van der Waals surface area contributed by atoms with Crippen molar-refractivity contribution in [1.29, 1.82) is 0 Å². The zero-order valence-electron chi connectivity index (χ0n) is 10.2. The molecule has 0 N–H and O–H groups in total. The molecule has 0 saturated heterocycles. The molecule has 0 aromatic heterocycles. The summed E-state index contributed by atoms with van der Waals surface area (Å²) in [6, 6.07) is 0. The maximum absolute atomic E-state index is 4.53. The van der Waals surface area contributed by atoms with Crippen LogP contribution >= 0.6 is 76.3 Å². The Morgan fingerprint density at radius 2 is 1.71 bits per heavy atom. The molecule has 0 radical (unpaired) electrons. The number of rotatable bonds is 11. The van der Waals surface area contributed by atoms with Gasteiger partial charge in [0.2, 0.25) is 0 Å². The summed E-state index contributed by atoms with van der Waals surface area (Å²) in [5, 5.41) is 1.36. The molecular formula is C10H24S7. The maximum atomic E-state index is 4.53. The lowest BCUT2D eigenvalue weighted by Crippen LogP contribution is -2.02. The van der Waals surface area contributed by atoms with Gasteiger partial charge >= 0.3 is 0 Å². The monoisotopic (exact) mass is 368 g/mol. The van der Waals surface area contributed by atoms with Crippen LogP contribution in [0.5, 0.6) is 0 Å². The van der Waals surface area contributed by atoms with Crippen molar-refractivity contribution in [3.05, 3.63) is 0 Å². The van der Waals surface area contributed by atoms with Gasteiger partial charge in [0, 0.05) is 16.1 Å². The lowest BCUT2D eigenvalue weighted by molar-refractivity contribution is 0.609. The van der Waals surface area contributed by atoms with E-state index in [0.29, 0.717) is 5.25 Å². The Hall–Kier alpha value is 2.45. The zero-order chi connectivity index (χ0) is 13.1. The lowest BCUT2D eigenvalue weighted by Gasteiger charge is -2.26. The average molecular weight is 369 g/mol. The van der Waals surface area contributed by atoms with Crippen molar-refractivity contribution in [2.45, 2.75) is 50.7 Å². The van der Waals surface area contributed by atoms with Gasteiger partial charge in [0.25, 0.3) is 0 Å². The van der Waals surface area contributed by atoms with Crippen LogP contribution in [0.4, 0.5) is 0 Å². The Labute approximate surface area is 137 Å². The van der Waals surface area contributed by atoms with E-state index in [-0.39, 0.29) is 0 Å². The fraction of sp³-hybridized carbons (Fsp3) is 1.00. The summed E-state index contributed by atoms with van der Waals surface area (Å²) in [4.78, 5) is 0. The molecular weight excluding hydrogens is 345 g/mol. The third kappa shape index (κ3) is 11.9. The summed E-state index contributed by atoms with van der Waals surface area (Å²) in [6.07, 6.45) is 7.99. The van der Waals surface area contributed by atoms with Gasteiger partial charge in [0.05, 0.1) is 0 Å². The van der Waals surface area contributed by atoms with Crippen molar-refractivity contribution in [2.24, 2.45) is 0 Å². The van der Waals surface area contributed by atoms with Gasteiger partial charge < -0.3 is 0 Å². The molecule has 0 aliphatic heterocycles. The zero-order valence-corrected chi connectivity index (χ0v) is 16.3. The number of hydrogen-bond donors (Lipinski definition) is 4. The third-order valence-corrected chi connectivity index (χ3v) is 16.0. The second kappa shape index (κ2) is 12.2. The van der Waals surface area contributed by atoms with Gasteiger partial charge in [-0.2, -0.15) is 25.3 Å². The number of unbranched alkanes of at least 4 members (excludes halogenated alkanes) is 4. The highest BCUT2D eigenvalue weighted by Gasteiger charge is 2.17. The Kier molecular flexibility index (Phi) is 14.0. The second-order valence-electron chi connectivity index (χ2n) is 3.91. The highest BCUT2D eigenvalue weighted by Crippen LogP contribution is 2.72. The molecule has 17 heavy (non-hydrogen) atoms. The summed E-state index contributed by atoms with van der Waals surface area (Å²) < 4.78 is 0. The molecule has 0 rings (SSSR count). The van der Waals surface area contributed by atoms with Crippen LogP contribution < -0.4 is 0 Å². The molecule has 106 valence electrons. The molecule has 0 saturated carbocycles. The summed E-state index contributed by atoms with van der Waals surface area (Å²) in [6.45, 7) is 2.25. The van der Waals surface area contributed by atoms with Crippen molar-refractivity contribution in [1.82, 2.24) is 0 Å². The Morgan fingerprint density at radius 1 is 1.06 bits per heavy atom. The summed E-state index contributed by atoms with van der Waals surface area (Å²) in [7, 11) is 2.51. The van der Waals surface area contributed by atoms with E-state index in [1.165, 1.54) is 38.5 Å². The van der Waals surface area contributed by atoms with E-state index < -0.39 is 7.12 Å². The first-order valence-corrected chi connectivity index (χ1v) is 13.8. The lowest BCUT2D eigenvalue weighted by atomic mass is 10.1. The highest BCUT2D eigenvalue weighted by molar-refractivity contribution is 9.52. The molecule has 0 aliphatic carbocycles. The standard InChI is InChI=1S/C10H24S7/c1-2-3-4-5-6-7-10(8-11)15-16-17(13,14)9-12/h10-14H,2-9H2,1H3. The molecule has 0 aromatic carbocycles. The quantitative estimate of drug-likeness (QED) is 0.191. The predicted octanol–water partition coefficient (Wildman–Crippen LogP) is 6.32. The molecule has 7 heteroatoms. The van der Waals surface area contributed by atoms with Crippen molar-refractivity contribution < 1.29 is 0 Å². The van der Waals surface area contributed by atoms with E-state index in [2.05, 4.69) is 55.5 Å². The maximum Gasteiger partial charge on any atom is 0.0468 e. The molecule has 0 fully saturated rings. The Balaban J connectivity index is 3.62. The second-order valence-corrected chi connectivity index (χ2v) is 17.5. The van der Waals surface area contributed by atoms with E-state index in [0.717, 1.165) is 10.8 Å². The van der Waals surface area contributed by atoms with E-state index in [4.69, 9.17) is 0 Å². The van der Waals surface area contributed by atoms with Crippen molar-refractivity contribution in [3.8, 4) is 0 Å². The largest absolute Gasteiger partial charge is 0.178 e. The van der Waals surface area contributed by atoms with Crippen LogP contribution in [0.1, 0.15) is 45.4 Å². The molecule has 1 atom stereocenters. The van der Waals surface area contributed by atoms with Crippen LogP contribution in [-0.2, 0) is 0 Å². The smallest absolute Gasteiger partial charge is 0.0468 e. The van der Waals surface area contributed by atoms with Crippen LogP contribution in [0.25, 0.3) is 0 Å². The SMILES string of the molecule is CCCCCCCC(CS)SSS(S)(S)CS. The topological polar surface area (TPSA) is 0 Å². The van der Waals surface area contributed by atoms with E-state index in [1.54, 1.807) is 9.83 Å². The third-order valence-electron chi connectivity index (χ3n) is 2.29. The molecule has 0 spiro atoms. The molecule has 0 bridgehead atoms. The summed E-state index contributed by atoms with van der Waals surface area (Å²) in [5.41, 5.74) is 0. The fourth-order valence-electron chi connectivity index (χ4n) is 1.29. The predicted molar refractivity (Wildman–Crippen MR) is 106 cm³/mol. The molecule has 0 aliphatic rings. The van der Waals surface area contributed by atoms with Gasteiger partial charge in [0.15, 0.2) is 0 Å². The van der Waals surface area contributed by atoms with Gasteiger partial charge in [0.1, 0.15) is 0 Å². The van der Waals surface area contributed by atoms with Gasteiger partial charge in [-0.3, -0.25) is 0 Å². The Morgan fingerprint density at radius 3 is 2.24 bits per heavy atom. The first-order chi connectivity index (χ1) is 8.05. The van der Waals surface area contributed by atoms with Crippen LogP contribution in [0.15, 0.2) is 0 Å². The summed E-state index contributed by atoms with van der Waals surface area (Å²) in [5.74, 6) is 0.940. The minimum absolute atomic E-state index is 0.621. The van der Waals surface area contributed by atoms with Crippen molar-refractivity contribution in [3.63, 3.8) is 0 Å². The molecule has 0 amide bonds. The van der Waals surface area contributed by atoms with Crippen LogP contribution in [0.3, 0.4) is 0 Å². The van der Waals surface area contributed by atoms with Gasteiger partial charge in [-0.05, 0) is 16.2 Å². The van der Waals surface area contributed by atoms with E-state index in [9.17, 15) is 0 Å². The van der Waals surface area contributed by atoms with Gasteiger partial charge in [-0.15, -0.1) is 23.3 Å². The fourth-order valence-corrected chi connectivity index (χ4v) is 9.51. The van der Waals surface area contributed by atoms with Crippen LogP contribution in [0.2, 0.25) is 0 Å². The first-order valence-electron chi connectivity index (χ1n) is 5.88. The molecule has 1 unspecified atom stereocenters. The minimum Gasteiger partial charge on any atom is -0.178 e. The minimum atomic E-state index is -1.17.